The Balaban J connectivity index is 1.56. The molecular formula is C19H20FN5O2. The highest BCUT2D eigenvalue weighted by Gasteiger charge is 2.47. The van der Waals surface area contributed by atoms with Crippen LogP contribution < -0.4 is 16.4 Å². The molecule has 2 aliphatic rings. The second kappa shape index (κ2) is 6.53. The Bertz CT molecular complexity index is 932. The molecule has 140 valence electrons. The van der Waals surface area contributed by atoms with Gasteiger partial charge in [-0.2, -0.15) is 4.98 Å². The molecule has 2 aromatic rings. The number of aromatic nitrogens is 2. The van der Waals surface area contributed by atoms with Crippen LogP contribution in [0.15, 0.2) is 36.5 Å². The zero-order chi connectivity index (χ0) is 19.1. The summed E-state index contributed by atoms with van der Waals surface area (Å²) >= 11 is 0. The van der Waals surface area contributed by atoms with Crippen LogP contribution in [0.4, 0.5) is 21.8 Å². The van der Waals surface area contributed by atoms with Crippen molar-refractivity contribution in [2.75, 3.05) is 10.6 Å². The Labute approximate surface area is 155 Å². The van der Waals surface area contributed by atoms with E-state index in [1.54, 1.807) is 25.1 Å². The monoisotopic (exact) mass is 369 g/mol. The van der Waals surface area contributed by atoms with E-state index < -0.39 is 11.7 Å². The van der Waals surface area contributed by atoms with Crippen molar-refractivity contribution in [2.45, 2.75) is 19.4 Å². The van der Waals surface area contributed by atoms with E-state index in [1.807, 2.05) is 12.2 Å². The van der Waals surface area contributed by atoms with Gasteiger partial charge in [0.25, 0.3) is 0 Å². The predicted molar refractivity (Wildman–Crippen MR) is 98.9 cm³/mol. The Morgan fingerprint density at radius 2 is 2.11 bits per heavy atom. The number of halogens is 1. The number of fused-ring (bicyclic) bond motifs is 2. The molecule has 1 aromatic carbocycles. The van der Waals surface area contributed by atoms with E-state index >= 15 is 0 Å². The van der Waals surface area contributed by atoms with E-state index in [2.05, 4.69) is 20.6 Å². The van der Waals surface area contributed by atoms with Crippen molar-refractivity contribution in [2.24, 2.45) is 23.5 Å². The number of nitrogens with two attached hydrogens (primary N) is 1. The molecule has 0 aliphatic heterocycles. The third-order valence-corrected chi connectivity index (χ3v) is 5.29. The highest BCUT2D eigenvalue weighted by atomic mass is 19.1. The molecule has 1 heterocycles. The molecule has 1 amide bonds. The third-order valence-electron chi connectivity index (χ3n) is 5.29. The number of nitrogens with zero attached hydrogens (tertiary/aromatic N) is 2. The van der Waals surface area contributed by atoms with Crippen molar-refractivity contribution in [1.29, 1.82) is 0 Å². The van der Waals surface area contributed by atoms with Crippen LogP contribution in [0.25, 0.3) is 0 Å². The molecule has 5 N–H and O–H groups in total. The maximum absolute atomic E-state index is 14.3. The largest absolute Gasteiger partial charge is 0.508 e. The van der Waals surface area contributed by atoms with Crippen LogP contribution >= 0.6 is 0 Å². The van der Waals surface area contributed by atoms with Gasteiger partial charge in [-0.05, 0) is 48.9 Å². The number of hydrogen-bond donors (Lipinski definition) is 4. The minimum atomic E-state index is -0.600. The molecule has 0 saturated heterocycles. The van der Waals surface area contributed by atoms with Gasteiger partial charge in [0, 0.05) is 11.7 Å². The first-order valence-corrected chi connectivity index (χ1v) is 8.75. The number of phenols is 1. The van der Waals surface area contributed by atoms with Gasteiger partial charge >= 0.3 is 0 Å². The lowest BCUT2D eigenvalue weighted by atomic mass is 9.88. The van der Waals surface area contributed by atoms with Crippen LogP contribution in [0.1, 0.15) is 12.0 Å². The van der Waals surface area contributed by atoms with Gasteiger partial charge in [0.15, 0.2) is 11.6 Å². The number of aromatic hydroxyl groups is 1. The first-order chi connectivity index (χ1) is 12.9. The number of benzene rings is 1. The van der Waals surface area contributed by atoms with E-state index in [0.717, 1.165) is 12.6 Å². The predicted octanol–water partition coefficient (Wildman–Crippen LogP) is 2.46. The SMILES string of the molecule is Cc1cc(Nc2ncc(F)c(N[C@H]3[C@@H](C(N)=O)[C@@H]4C=C[C@H]3C4)n2)ccc1O. The van der Waals surface area contributed by atoms with Crippen LogP contribution in [-0.2, 0) is 4.79 Å². The summed E-state index contributed by atoms with van der Waals surface area (Å²) in [6.07, 6.45) is 5.96. The lowest BCUT2D eigenvalue weighted by Crippen LogP contribution is -2.41. The zero-order valence-electron chi connectivity index (χ0n) is 14.7. The number of nitrogens with one attached hydrogen (secondary N) is 2. The van der Waals surface area contributed by atoms with Crippen LogP contribution in [0.5, 0.6) is 5.75 Å². The standard InChI is InChI=1S/C19H20FN5O2/c1-9-6-12(4-5-14(9)26)23-19-22-8-13(20)18(25-19)24-16-11-3-2-10(7-11)15(16)17(21)27/h2-6,8,10-11,15-16,26H,7H2,1H3,(H2,21,27)(H2,22,23,24,25)/t10-,11+,15+,16-/m1/s1. The molecule has 0 radical (unpaired) electrons. The molecule has 0 spiro atoms. The topological polar surface area (TPSA) is 113 Å². The summed E-state index contributed by atoms with van der Waals surface area (Å²) in [5.74, 6) is -0.742. The maximum Gasteiger partial charge on any atom is 0.229 e. The summed E-state index contributed by atoms with van der Waals surface area (Å²) in [6, 6.07) is 4.68. The van der Waals surface area contributed by atoms with Crippen molar-refractivity contribution < 1.29 is 14.3 Å². The molecule has 0 unspecified atom stereocenters. The molecule has 8 heteroatoms. The summed E-state index contributed by atoms with van der Waals surface area (Å²) in [7, 11) is 0. The number of primary amides is 1. The number of aryl methyl sites for hydroxylation is 1. The fourth-order valence-corrected chi connectivity index (χ4v) is 3.96. The average Bonchev–Trinajstić information content (AvgIpc) is 3.22. The van der Waals surface area contributed by atoms with E-state index in [4.69, 9.17) is 5.73 Å². The number of carbonyl (C=O) groups excluding carboxylic acids is 1. The van der Waals surface area contributed by atoms with Crippen molar-refractivity contribution in [1.82, 2.24) is 9.97 Å². The molecule has 1 fully saturated rings. The normalized spacial score (nSPS) is 25.6. The maximum atomic E-state index is 14.3. The van der Waals surface area contributed by atoms with Crippen molar-refractivity contribution in [3.05, 3.63) is 47.9 Å². The number of rotatable bonds is 5. The number of amides is 1. The number of carbonyl (C=O) groups is 1. The van der Waals surface area contributed by atoms with Crippen LogP contribution in [0.2, 0.25) is 0 Å². The fraction of sp³-hybridized carbons (Fsp3) is 0.316. The van der Waals surface area contributed by atoms with Crippen molar-refractivity contribution in [3.8, 4) is 5.75 Å². The zero-order valence-corrected chi connectivity index (χ0v) is 14.7. The van der Waals surface area contributed by atoms with Gasteiger partial charge < -0.3 is 21.5 Å². The van der Waals surface area contributed by atoms with E-state index in [-0.39, 0.29) is 41.3 Å². The molecule has 1 saturated carbocycles. The Morgan fingerprint density at radius 1 is 1.33 bits per heavy atom. The van der Waals surface area contributed by atoms with E-state index in [0.29, 0.717) is 11.3 Å². The molecule has 27 heavy (non-hydrogen) atoms. The Hall–Kier alpha value is -3.16. The van der Waals surface area contributed by atoms with Crippen LogP contribution in [-0.4, -0.2) is 27.0 Å². The summed E-state index contributed by atoms with van der Waals surface area (Å²) < 4.78 is 14.3. The number of anilines is 3. The van der Waals surface area contributed by atoms with Gasteiger partial charge in [-0.25, -0.2) is 9.37 Å². The van der Waals surface area contributed by atoms with Gasteiger partial charge in [-0.15, -0.1) is 0 Å². The second-order valence-electron chi connectivity index (χ2n) is 7.06. The van der Waals surface area contributed by atoms with Gasteiger partial charge in [0.2, 0.25) is 11.9 Å². The second-order valence-corrected chi connectivity index (χ2v) is 7.06. The summed E-state index contributed by atoms with van der Waals surface area (Å²) in [6.45, 7) is 1.77. The smallest absolute Gasteiger partial charge is 0.229 e. The Kier molecular flexibility index (Phi) is 4.18. The van der Waals surface area contributed by atoms with Crippen LogP contribution in [0, 0.1) is 30.5 Å². The minimum Gasteiger partial charge on any atom is -0.508 e. The van der Waals surface area contributed by atoms with Crippen LogP contribution in [0.3, 0.4) is 0 Å². The third kappa shape index (κ3) is 3.18. The number of allylic oxidation sites excluding steroid dienone is 1. The fourth-order valence-electron chi connectivity index (χ4n) is 3.96. The minimum absolute atomic E-state index is 0.0280. The number of hydrogen-bond acceptors (Lipinski definition) is 6. The molecule has 2 aliphatic carbocycles. The van der Waals surface area contributed by atoms with Gasteiger partial charge in [0.1, 0.15) is 5.75 Å². The average molecular weight is 369 g/mol. The molecule has 2 bridgehead atoms. The Morgan fingerprint density at radius 3 is 2.85 bits per heavy atom. The first-order valence-electron chi connectivity index (χ1n) is 8.75. The molecule has 7 nitrogen and oxygen atoms in total. The van der Waals surface area contributed by atoms with E-state index in [9.17, 15) is 14.3 Å². The summed E-state index contributed by atoms with van der Waals surface area (Å²) in [4.78, 5) is 20.0. The molecular weight excluding hydrogens is 349 g/mol. The molecule has 1 aromatic heterocycles. The highest BCUT2D eigenvalue weighted by molar-refractivity contribution is 5.79. The number of phenolic OH excluding ortho intramolecular Hbond substituents is 1. The van der Waals surface area contributed by atoms with Crippen molar-refractivity contribution >= 4 is 23.4 Å². The summed E-state index contributed by atoms with van der Waals surface area (Å²) in [5, 5.41) is 15.7. The quantitative estimate of drug-likeness (QED) is 0.476. The highest BCUT2D eigenvalue weighted by Crippen LogP contribution is 2.44. The van der Waals surface area contributed by atoms with Gasteiger partial charge in [-0.1, -0.05) is 12.2 Å². The first kappa shape index (κ1) is 17.3. The van der Waals surface area contributed by atoms with E-state index in [1.165, 1.54) is 0 Å². The lowest BCUT2D eigenvalue weighted by molar-refractivity contribution is -0.122. The molecule has 4 atom stereocenters. The van der Waals surface area contributed by atoms with Crippen molar-refractivity contribution in [3.63, 3.8) is 0 Å². The van der Waals surface area contributed by atoms with Gasteiger partial charge in [-0.3, -0.25) is 4.79 Å². The summed E-state index contributed by atoms with van der Waals surface area (Å²) in [5.41, 5.74) is 6.91. The lowest BCUT2D eigenvalue weighted by Gasteiger charge is -2.27. The van der Waals surface area contributed by atoms with Gasteiger partial charge in [0.05, 0.1) is 12.1 Å². The molecule has 4 rings (SSSR count).